The molecular weight excluding hydrogens is 220 g/mol. The average molecular weight is 240 g/mol. The summed E-state index contributed by atoms with van der Waals surface area (Å²) in [6, 6.07) is 16.3. The molecule has 18 heavy (non-hydrogen) atoms. The fraction of sp³-hybridized carbons (Fsp3) is 0.294. The van der Waals surface area contributed by atoms with Gasteiger partial charge in [0, 0.05) is 0 Å². The first-order valence-electron chi connectivity index (χ1n) is 6.60. The molecule has 0 aliphatic heterocycles. The zero-order valence-electron chi connectivity index (χ0n) is 11.1. The van der Waals surface area contributed by atoms with Crippen LogP contribution in [0.25, 0.3) is 0 Å². The van der Waals surface area contributed by atoms with E-state index < -0.39 is 6.10 Å². The molecule has 0 radical (unpaired) electrons. The third kappa shape index (κ3) is 2.80. The fourth-order valence-corrected chi connectivity index (χ4v) is 2.19. The Hall–Kier alpha value is -1.60. The van der Waals surface area contributed by atoms with Crippen LogP contribution in [0.15, 0.2) is 48.5 Å². The number of hydrogen-bond donors (Lipinski definition) is 1. The largest absolute Gasteiger partial charge is 0.384 e. The number of aliphatic hydroxyl groups excluding tert-OH is 1. The average Bonchev–Trinajstić information content (AvgIpc) is 2.46. The number of aryl methyl sites for hydroxylation is 2. The van der Waals surface area contributed by atoms with Crippen LogP contribution < -0.4 is 0 Å². The SMILES string of the molecule is CCc1cc(CC)cc(C(O)c2ccccc2)c1. The number of benzene rings is 2. The van der Waals surface area contributed by atoms with E-state index in [2.05, 4.69) is 32.0 Å². The van der Waals surface area contributed by atoms with Crippen molar-refractivity contribution in [3.8, 4) is 0 Å². The second-order valence-corrected chi connectivity index (χ2v) is 4.60. The Kier molecular flexibility index (Phi) is 4.16. The molecular formula is C17H20O. The predicted molar refractivity (Wildman–Crippen MR) is 75.7 cm³/mol. The third-order valence-electron chi connectivity index (χ3n) is 3.32. The molecule has 1 N–H and O–H groups in total. The van der Waals surface area contributed by atoms with Crippen molar-refractivity contribution < 1.29 is 5.11 Å². The summed E-state index contributed by atoms with van der Waals surface area (Å²) in [5.41, 5.74) is 4.53. The molecule has 0 saturated heterocycles. The van der Waals surface area contributed by atoms with E-state index in [9.17, 15) is 5.11 Å². The first kappa shape index (κ1) is 12.8. The maximum atomic E-state index is 10.4. The first-order chi connectivity index (χ1) is 8.74. The van der Waals surface area contributed by atoms with Crippen molar-refractivity contribution in [2.24, 2.45) is 0 Å². The standard InChI is InChI=1S/C17H20O/c1-3-13-10-14(4-2)12-16(11-13)17(18)15-8-6-5-7-9-15/h5-12,17-18H,3-4H2,1-2H3. The summed E-state index contributed by atoms with van der Waals surface area (Å²) in [5, 5.41) is 10.4. The van der Waals surface area contributed by atoms with Gasteiger partial charge in [0.25, 0.3) is 0 Å². The van der Waals surface area contributed by atoms with E-state index in [1.54, 1.807) is 0 Å². The van der Waals surface area contributed by atoms with Gasteiger partial charge in [-0.25, -0.2) is 0 Å². The summed E-state index contributed by atoms with van der Waals surface area (Å²) in [6.07, 6.45) is 1.48. The van der Waals surface area contributed by atoms with Crippen LogP contribution >= 0.6 is 0 Å². The first-order valence-corrected chi connectivity index (χ1v) is 6.60. The molecule has 94 valence electrons. The Morgan fingerprint density at radius 3 is 1.89 bits per heavy atom. The molecule has 0 saturated carbocycles. The van der Waals surface area contributed by atoms with Gasteiger partial charge in [0.2, 0.25) is 0 Å². The van der Waals surface area contributed by atoms with Gasteiger partial charge in [0.1, 0.15) is 6.10 Å². The molecule has 0 aliphatic carbocycles. The number of rotatable bonds is 4. The fourth-order valence-electron chi connectivity index (χ4n) is 2.19. The van der Waals surface area contributed by atoms with Crippen molar-refractivity contribution in [1.29, 1.82) is 0 Å². The maximum Gasteiger partial charge on any atom is 0.104 e. The summed E-state index contributed by atoms with van der Waals surface area (Å²) < 4.78 is 0. The molecule has 0 spiro atoms. The highest BCUT2D eigenvalue weighted by molar-refractivity contribution is 5.36. The highest BCUT2D eigenvalue weighted by Crippen LogP contribution is 2.24. The summed E-state index contributed by atoms with van der Waals surface area (Å²) in [7, 11) is 0. The van der Waals surface area contributed by atoms with E-state index in [0.717, 1.165) is 24.0 Å². The van der Waals surface area contributed by atoms with Gasteiger partial charge in [-0.3, -0.25) is 0 Å². The van der Waals surface area contributed by atoms with Crippen molar-refractivity contribution in [3.05, 3.63) is 70.8 Å². The Morgan fingerprint density at radius 1 is 0.833 bits per heavy atom. The lowest BCUT2D eigenvalue weighted by Gasteiger charge is -2.14. The van der Waals surface area contributed by atoms with Crippen LogP contribution in [0.2, 0.25) is 0 Å². The minimum atomic E-state index is -0.525. The molecule has 0 aliphatic rings. The van der Waals surface area contributed by atoms with Crippen LogP contribution in [0.4, 0.5) is 0 Å². The van der Waals surface area contributed by atoms with E-state index in [4.69, 9.17) is 0 Å². The van der Waals surface area contributed by atoms with Gasteiger partial charge in [0.15, 0.2) is 0 Å². The van der Waals surface area contributed by atoms with Gasteiger partial charge < -0.3 is 5.11 Å². The Morgan fingerprint density at radius 2 is 1.39 bits per heavy atom. The lowest BCUT2D eigenvalue weighted by Crippen LogP contribution is -2.01. The summed E-state index contributed by atoms with van der Waals surface area (Å²) in [6.45, 7) is 4.29. The molecule has 1 atom stereocenters. The van der Waals surface area contributed by atoms with Crippen molar-refractivity contribution in [2.75, 3.05) is 0 Å². The quantitative estimate of drug-likeness (QED) is 0.859. The highest BCUT2D eigenvalue weighted by atomic mass is 16.3. The number of aliphatic hydroxyl groups is 1. The minimum Gasteiger partial charge on any atom is -0.384 e. The summed E-state index contributed by atoms with van der Waals surface area (Å²) in [5.74, 6) is 0. The molecule has 0 heterocycles. The molecule has 1 heteroatoms. The maximum absolute atomic E-state index is 10.4. The van der Waals surface area contributed by atoms with Crippen LogP contribution in [-0.4, -0.2) is 5.11 Å². The van der Waals surface area contributed by atoms with Gasteiger partial charge in [0.05, 0.1) is 0 Å². The molecule has 1 unspecified atom stereocenters. The van der Waals surface area contributed by atoms with Crippen molar-refractivity contribution >= 4 is 0 Å². The molecule has 0 fully saturated rings. The van der Waals surface area contributed by atoms with E-state index in [1.165, 1.54) is 11.1 Å². The van der Waals surface area contributed by atoms with E-state index >= 15 is 0 Å². The van der Waals surface area contributed by atoms with Crippen LogP contribution in [0.1, 0.15) is 42.2 Å². The van der Waals surface area contributed by atoms with Gasteiger partial charge in [-0.15, -0.1) is 0 Å². The Labute approximate surface area is 109 Å². The number of hydrogen-bond acceptors (Lipinski definition) is 1. The third-order valence-corrected chi connectivity index (χ3v) is 3.32. The lowest BCUT2D eigenvalue weighted by molar-refractivity contribution is 0.220. The van der Waals surface area contributed by atoms with Crippen LogP contribution in [0.5, 0.6) is 0 Å². The van der Waals surface area contributed by atoms with Crippen molar-refractivity contribution in [1.82, 2.24) is 0 Å². The predicted octanol–water partition coefficient (Wildman–Crippen LogP) is 3.89. The molecule has 2 aromatic carbocycles. The molecule has 2 aromatic rings. The second kappa shape index (κ2) is 5.83. The lowest BCUT2D eigenvalue weighted by atomic mass is 9.96. The van der Waals surface area contributed by atoms with Crippen LogP contribution in [0.3, 0.4) is 0 Å². The Balaban J connectivity index is 2.38. The smallest absolute Gasteiger partial charge is 0.104 e. The second-order valence-electron chi connectivity index (χ2n) is 4.60. The van der Waals surface area contributed by atoms with Gasteiger partial charge in [-0.1, -0.05) is 62.4 Å². The van der Waals surface area contributed by atoms with E-state index in [1.807, 2.05) is 30.3 Å². The van der Waals surface area contributed by atoms with E-state index in [0.29, 0.717) is 0 Å². The van der Waals surface area contributed by atoms with Crippen LogP contribution in [0, 0.1) is 0 Å². The normalized spacial score (nSPS) is 12.4. The topological polar surface area (TPSA) is 20.2 Å². The van der Waals surface area contributed by atoms with Gasteiger partial charge in [-0.05, 0) is 35.1 Å². The van der Waals surface area contributed by atoms with E-state index in [-0.39, 0.29) is 0 Å². The minimum absolute atomic E-state index is 0.525. The summed E-state index contributed by atoms with van der Waals surface area (Å²) >= 11 is 0. The zero-order valence-corrected chi connectivity index (χ0v) is 11.1. The molecule has 1 nitrogen and oxygen atoms in total. The molecule has 2 rings (SSSR count). The summed E-state index contributed by atoms with van der Waals surface area (Å²) in [4.78, 5) is 0. The van der Waals surface area contributed by atoms with Crippen LogP contribution in [-0.2, 0) is 12.8 Å². The monoisotopic (exact) mass is 240 g/mol. The van der Waals surface area contributed by atoms with Crippen molar-refractivity contribution in [3.63, 3.8) is 0 Å². The molecule has 0 amide bonds. The van der Waals surface area contributed by atoms with Gasteiger partial charge in [-0.2, -0.15) is 0 Å². The van der Waals surface area contributed by atoms with Crippen molar-refractivity contribution in [2.45, 2.75) is 32.8 Å². The zero-order chi connectivity index (χ0) is 13.0. The molecule has 0 aromatic heterocycles. The molecule has 0 bridgehead atoms. The highest BCUT2D eigenvalue weighted by Gasteiger charge is 2.11. The Bertz CT molecular complexity index is 480. The van der Waals surface area contributed by atoms with Gasteiger partial charge >= 0.3 is 0 Å².